The van der Waals surface area contributed by atoms with Crippen molar-refractivity contribution in [1.82, 2.24) is 5.32 Å². The van der Waals surface area contributed by atoms with Gasteiger partial charge in [0.15, 0.2) is 0 Å². The maximum absolute atomic E-state index is 5.62. The van der Waals surface area contributed by atoms with E-state index < -0.39 is 0 Å². The highest BCUT2D eigenvalue weighted by atomic mass is 16.5. The number of rotatable bonds is 8. The van der Waals surface area contributed by atoms with Crippen LogP contribution in [0, 0.1) is 11.8 Å². The van der Waals surface area contributed by atoms with Crippen LogP contribution in [0.2, 0.25) is 0 Å². The molecule has 1 unspecified atom stereocenters. The van der Waals surface area contributed by atoms with Gasteiger partial charge >= 0.3 is 0 Å². The zero-order valence-corrected chi connectivity index (χ0v) is 10.9. The summed E-state index contributed by atoms with van der Waals surface area (Å²) in [6, 6.07) is 0.782. The van der Waals surface area contributed by atoms with Crippen molar-refractivity contribution in [2.45, 2.75) is 64.5 Å². The van der Waals surface area contributed by atoms with Crippen molar-refractivity contribution in [1.29, 1.82) is 0 Å². The lowest BCUT2D eigenvalue weighted by atomic mass is 9.77. The van der Waals surface area contributed by atoms with Crippen molar-refractivity contribution in [2.75, 3.05) is 13.2 Å². The van der Waals surface area contributed by atoms with Crippen LogP contribution >= 0.6 is 0 Å². The van der Waals surface area contributed by atoms with Gasteiger partial charge in [0, 0.05) is 12.6 Å². The summed E-state index contributed by atoms with van der Waals surface area (Å²) in [6.45, 7) is 6.33. The lowest BCUT2D eigenvalue weighted by Crippen LogP contribution is -2.38. The van der Waals surface area contributed by atoms with Crippen LogP contribution in [-0.4, -0.2) is 25.3 Å². The Morgan fingerprint density at radius 2 is 1.81 bits per heavy atom. The zero-order valence-electron chi connectivity index (χ0n) is 10.9. The van der Waals surface area contributed by atoms with Crippen LogP contribution in [0.3, 0.4) is 0 Å². The highest BCUT2D eigenvalue weighted by molar-refractivity contribution is 4.87. The third-order valence-electron chi connectivity index (χ3n) is 4.02. The molecule has 2 rings (SSSR count). The normalized spacial score (nSPS) is 31.1. The molecule has 16 heavy (non-hydrogen) atoms. The summed E-state index contributed by atoms with van der Waals surface area (Å²) in [6.07, 6.45) is 8.96. The minimum absolute atomic E-state index is 0.582. The van der Waals surface area contributed by atoms with Gasteiger partial charge in [-0.3, -0.25) is 0 Å². The summed E-state index contributed by atoms with van der Waals surface area (Å²) in [5.41, 5.74) is 0. The van der Waals surface area contributed by atoms with E-state index in [1.54, 1.807) is 0 Å². The SMILES string of the molecule is CCNC(CC1CC1)CC1CC(OCC)C1. The minimum atomic E-state index is 0.582. The summed E-state index contributed by atoms with van der Waals surface area (Å²) >= 11 is 0. The van der Waals surface area contributed by atoms with Gasteiger partial charge in [0.1, 0.15) is 0 Å². The number of hydrogen-bond donors (Lipinski definition) is 1. The van der Waals surface area contributed by atoms with Crippen molar-refractivity contribution in [3.63, 3.8) is 0 Å². The second kappa shape index (κ2) is 6.02. The molecule has 0 aromatic heterocycles. The first-order valence-electron chi connectivity index (χ1n) is 7.16. The molecular formula is C14H27NO. The van der Waals surface area contributed by atoms with Crippen molar-refractivity contribution in [3.8, 4) is 0 Å². The Hall–Kier alpha value is -0.0800. The van der Waals surface area contributed by atoms with Gasteiger partial charge in [-0.15, -0.1) is 0 Å². The molecule has 2 nitrogen and oxygen atoms in total. The molecule has 0 spiro atoms. The van der Waals surface area contributed by atoms with Crippen LogP contribution in [-0.2, 0) is 4.74 Å². The Kier molecular flexibility index (Phi) is 4.66. The predicted octanol–water partition coefficient (Wildman–Crippen LogP) is 2.97. The molecule has 2 aliphatic rings. The molecule has 2 aliphatic carbocycles. The largest absolute Gasteiger partial charge is 0.378 e. The zero-order chi connectivity index (χ0) is 11.4. The first-order chi connectivity index (χ1) is 7.81. The van der Waals surface area contributed by atoms with Crippen molar-refractivity contribution < 1.29 is 4.74 Å². The molecule has 2 saturated carbocycles. The van der Waals surface area contributed by atoms with E-state index in [0.717, 1.165) is 31.0 Å². The highest BCUT2D eigenvalue weighted by Crippen LogP contribution is 2.38. The van der Waals surface area contributed by atoms with Gasteiger partial charge in [0.05, 0.1) is 6.10 Å². The van der Waals surface area contributed by atoms with Crippen LogP contribution < -0.4 is 5.32 Å². The fourth-order valence-corrected chi connectivity index (χ4v) is 2.95. The molecule has 0 amide bonds. The lowest BCUT2D eigenvalue weighted by molar-refractivity contribution is -0.0293. The summed E-state index contributed by atoms with van der Waals surface area (Å²) in [7, 11) is 0. The van der Waals surface area contributed by atoms with E-state index in [0.29, 0.717) is 6.10 Å². The molecule has 2 fully saturated rings. The summed E-state index contributed by atoms with van der Waals surface area (Å²) in [5.74, 6) is 1.98. The Morgan fingerprint density at radius 1 is 1.12 bits per heavy atom. The van der Waals surface area contributed by atoms with Crippen LogP contribution in [0.1, 0.15) is 52.4 Å². The van der Waals surface area contributed by atoms with Crippen LogP contribution in [0.4, 0.5) is 0 Å². The van der Waals surface area contributed by atoms with E-state index in [9.17, 15) is 0 Å². The molecule has 2 heteroatoms. The molecule has 0 saturated heterocycles. The fourth-order valence-electron chi connectivity index (χ4n) is 2.95. The van der Waals surface area contributed by atoms with Gasteiger partial charge in [-0.2, -0.15) is 0 Å². The minimum Gasteiger partial charge on any atom is -0.378 e. The molecule has 0 radical (unpaired) electrons. The third-order valence-corrected chi connectivity index (χ3v) is 4.02. The molecule has 0 heterocycles. The molecule has 0 aromatic carbocycles. The first-order valence-corrected chi connectivity index (χ1v) is 7.16. The molecule has 0 aromatic rings. The topological polar surface area (TPSA) is 21.3 Å². The molecular weight excluding hydrogens is 198 g/mol. The van der Waals surface area contributed by atoms with E-state index in [-0.39, 0.29) is 0 Å². The van der Waals surface area contributed by atoms with Crippen LogP contribution in [0.5, 0.6) is 0 Å². The average molecular weight is 225 g/mol. The molecule has 1 atom stereocenters. The maximum atomic E-state index is 5.62. The predicted molar refractivity (Wildman–Crippen MR) is 67.6 cm³/mol. The smallest absolute Gasteiger partial charge is 0.0580 e. The number of nitrogens with one attached hydrogen (secondary N) is 1. The molecule has 94 valence electrons. The Morgan fingerprint density at radius 3 is 2.38 bits per heavy atom. The first kappa shape index (κ1) is 12.4. The van der Waals surface area contributed by atoms with E-state index >= 15 is 0 Å². The van der Waals surface area contributed by atoms with Gasteiger partial charge in [-0.25, -0.2) is 0 Å². The Balaban J connectivity index is 1.62. The van der Waals surface area contributed by atoms with Crippen molar-refractivity contribution in [3.05, 3.63) is 0 Å². The standard InChI is InChI=1S/C14H27NO/c1-3-15-13(7-11-5-6-11)8-12-9-14(10-12)16-4-2/h11-15H,3-10H2,1-2H3. The molecule has 1 N–H and O–H groups in total. The summed E-state index contributed by atoms with van der Waals surface area (Å²) < 4.78 is 5.62. The lowest BCUT2D eigenvalue weighted by Gasteiger charge is -2.37. The Labute approximate surface area is 100 Å². The van der Waals surface area contributed by atoms with Gasteiger partial charge in [-0.05, 0) is 51.0 Å². The van der Waals surface area contributed by atoms with E-state index in [1.165, 1.54) is 38.5 Å². The highest BCUT2D eigenvalue weighted by Gasteiger charge is 2.33. The quantitative estimate of drug-likeness (QED) is 0.686. The van der Waals surface area contributed by atoms with Crippen LogP contribution in [0.15, 0.2) is 0 Å². The van der Waals surface area contributed by atoms with Crippen LogP contribution in [0.25, 0.3) is 0 Å². The van der Waals surface area contributed by atoms with Gasteiger partial charge in [0.25, 0.3) is 0 Å². The molecule has 0 bridgehead atoms. The second-order valence-electron chi connectivity index (χ2n) is 5.58. The average Bonchev–Trinajstić information content (AvgIpc) is 2.99. The number of ether oxygens (including phenoxy) is 1. The third kappa shape index (κ3) is 3.74. The second-order valence-corrected chi connectivity index (χ2v) is 5.58. The van der Waals surface area contributed by atoms with E-state index in [1.807, 2.05) is 0 Å². The Bertz CT molecular complexity index is 197. The summed E-state index contributed by atoms with van der Waals surface area (Å²) in [5, 5.41) is 3.66. The van der Waals surface area contributed by atoms with Crippen molar-refractivity contribution >= 4 is 0 Å². The number of hydrogen-bond acceptors (Lipinski definition) is 2. The van der Waals surface area contributed by atoms with Gasteiger partial charge < -0.3 is 10.1 Å². The summed E-state index contributed by atoms with van der Waals surface area (Å²) in [4.78, 5) is 0. The van der Waals surface area contributed by atoms with E-state index in [2.05, 4.69) is 19.2 Å². The van der Waals surface area contributed by atoms with Gasteiger partial charge in [-0.1, -0.05) is 19.8 Å². The van der Waals surface area contributed by atoms with E-state index in [4.69, 9.17) is 4.74 Å². The maximum Gasteiger partial charge on any atom is 0.0580 e. The fraction of sp³-hybridized carbons (Fsp3) is 1.00. The van der Waals surface area contributed by atoms with Crippen molar-refractivity contribution in [2.24, 2.45) is 11.8 Å². The molecule has 0 aliphatic heterocycles. The van der Waals surface area contributed by atoms with Gasteiger partial charge in [0.2, 0.25) is 0 Å². The monoisotopic (exact) mass is 225 g/mol.